The number of aryl methyl sites for hydroxylation is 1. The van der Waals surface area contributed by atoms with Gasteiger partial charge >= 0.3 is 0 Å². The van der Waals surface area contributed by atoms with E-state index >= 15 is 0 Å². The molecule has 16 heavy (non-hydrogen) atoms. The van der Waals surface area contributed by atoms with Crippen molar-refractivity contribution in [2.75, 3.05) is 6.61 Å². The number of nitrogens with two attached hydrogens (primary N) is 1. The van der Waals surface area contributed by atoms with Gasteiger partial charge in [0.2, 0.25) is 0 Å². The van der Waals surface area contributed by atoms with E-state index < -0.39 is 0 Å². The van der Waals surface area contributed by atoms with Gasteiger partial charge < -0.3 is 10.5 Å². The summed E-state index contributed by atoms with van der Waals surface area (Å²) in [6.07, 6.45) is 0. The quantitative estimate of drug-likeness (QED) is 0.851. The molecule has 0 aromatic heterocycles. The minimum absolute atomic E-state index is 0.0633. The molecule has 0 saturated carbocycles. The summed E-state index contributed by atoms with van der Waals surface area (Å²) in [7, 11) is 0. The Morgan fingerprint density at radius 3 is 2.44 bits per heavy atom. The molecule has 0 bridgehead atoms. The maximum Gasteiger partial charge on any atom is 0.123 e. The van der Waals surface area contributed by atoms with E-state index in [-0.39, 0.29) is 11.5 Å². The van der Waals surface area contributed by atoms with Gasteiger partial charge in [-0.2, -0.15) is 0 Å². The highest BCUT2D eigenvalue weighted by Crippen LogP contribution is 2.32. The predicted octanol–water partition coefficient (Wildman–Crippen LogP) is 3.02. The molecule has 0 saturated heterocycles. The van der Waals surface area contributed by atoms with Gasteiger partial charge in [-0.25, -0.2) is 0 Å². The van der Waals surface area contributed by atoms with Crippen LogP contribution >= 0.6 is 0 Å². The van der Waals surface area contributed by atoms with E-state index in [1.54, 1.807) is 0 Å². The van der Waals surface area contributed by atoms with Crippen LogP contribution in [0.2, 0.25) is 0 Å². The topological polar surface area (TPSA) is 35.2 Å². The zero-order chi connectivity index (χ0) is 12.3. The molecule has 2 N–H and O–H groups in total. The first kappa shape index (κ1) is 13.0. The second kappa shape index (κ2) is 4.88. The van der Waals surface area contributed by atoms with Crippen molar-refractivity contribution in [2.45, 2.75) is 46.1 Å². The van der Waals surface area contributed by atoms with Gasteiger partial charge in [-0.1, -0.05) is 32.9 Å². The summed E-state index contributed by atoms with van der Waals surface area (Å²) >= 11 is 0. The summed E-state index contributed by atoms with van der Waals surface area (Å²) in [5.41, 5.74) is 8.26. The third-order valence-electron chi connectivity index (χ3n) is 2.45. The van der Waals surface area contributed by atoms with Crippen LogP contribution in [0.25, 0.3) is 0 Å². The number of hydrogen-bond acceptors (Lipinski definition) is 2. The van der Waals surface area contributed by atoms with E-state index in [4.69, 9.17) is 10.5 Å². The Hall–Kier alpha value is -1.02. The third kappa shape index (κ3) is 3.53. The van der Waals surface area contributed by atoms with Crippen LogP contribution < -0.4 is 10.5 Å². The molecule has 0 aliphatic heterocycles. The fourth-order valence-electron chi connectivity index (χ4n) is 1.59. The molecule has 1 atom stereocenters. The lowest BCUT2D eigenvalue weighted by molar-refractivity contribution is 0.288. The van der Waals surface area contributed by atoms with Crippen LogP contribution in [0.1, 0.15) is 38.8 Å². The average molecular weight is 221 g/mol. The molecular formula is C14H23NO. The van der Waals surface area contributed by atoms with Gasteiger partial charge in [-0.3, -0.25) is 0 Å². The molecule has 1 aromatic carbocycles. The SMILES string of the molecule is Cc1ccc(C(C)(C)C)c(OC[C@H](C)N)c1. The molecule has 0 fully saturated rings. The van der Waals surface area contributed by atoms with Crippen LogP contribution in [0.5, 0.6) is 5.75 Å². The zero-order valence-corrected chi connectivity index (χ0v) is 11.0. The molecule has 0 heterocycles. The van der Waals surface area contributed by atoms with Crippen molar-refractivity contribution in [1.82, 2.24) is 0 Å². The largest absolute Gasteiger partial charge is 0.492 e. The van der Waals surface area contributed by atoms with Crippen molar-refractivity contribution < 1.29 is 4.74 Å². The number of rotatable bonds is 3. The number of ether oxygens (including phenoxy) is 1. The Bertz CT molecular complexity index is 350. The van der Waals surface area contributed by atoms with Gasteiger partial charge in [0, 0.05) is 6.04 Å². The Balaban J connectivity index is 2.99. The Morgan fingerprint density at radius 1 is 1.31 bits per heavy atom. The van der Waals surface area contributed by atoms with Crippen LogP contribution in [0.4, 0.5) is 0 Å². The summed E-state index contributed by atoms with van der Waals surface area (Å²) in [5, 5.41) is 0. The molecule has 0 spiro atoms. The molecule has 0 radical (unpaired) electrons. The first-order valence-corrected chi connectivity index (χ1v) is 5.80. The van der Waals surface area contributed by atoms with Crippen LogP contribution in [-0.4, -0.2) is 12.6 Å². The van der Waals surface area contributed by atoms with Crippen LogP contribution in [0.15, 0.2) is 18.2 Å². The Morgan fingerprint density at radius 2 is 1.94 bits per heavy atom. The van der Waals surface area contributed by atoms with Crippen LogP contribution in [0, 0.1) is 6.92 Å². The Kier molecular flexibility index (Phi) is 3.98. The fourth-order valence-corrected chi connectivity index (χ4v) is 1.59. The first-order chi connectivity index (χ1) is 7.30. The maximum atomic E-state index is 5.78. The van der Waals surface area contributed by atoms with Crippen molar-refractivity contribution in [3.63, 3.8) is 0 Å². The predicted molar refractivity (Wildman–Crippen MR) is 69.0 cm³/mol. The summed E-state index contributed by atoms with van der Waals surface area (Å²) in [6.45, 7) is 11.2. The molecule has 0 amide bonds. The van der Waals surface area contributed by atoms with Gasteiger partial charge in [0.25, 0.3) is 0 Å². The Labute approximate surface area is 98.8 Å². The minimum Gasteiger partial charge on any atom is -0.492 e. The van der Waals surface area contributed by atoms with E-state index in [1.807, 2.05) is 6.92 Å². The van der Waals surface area contributed by atoms with E-state index in [2.05, 4.69) is 45.9 Å². The molecule has 1 rings (SSSR count). The number of benzene rings is 1. The van der Waals surface area contributed by atoms with Gasteiger partial charge in [0.05, 0.1) is 0 Å². The molecule has 0 unspecified atom stereocenters. The summed E-state index contributed by atoms with van der Waals surface area (Å²) in [6, 6.07) is 6.42. The third-order valence-corrected chi connectivity index (χ3v) is 2.45. The lowest BCUT2D eigenvalue weighted by Gasteiger charge is -2.23. The summed E-state index contributed by atoms with van der Waals surface area (Å²) < 4.78 is 5.78. The second-order valence-corrected chi connectivity index (χ2v) is 5.54. The smallest absolute Gasteiger partial charge is 0.123 e. The highest BCUT2D eigenvalue weighted by Gasteiger charge is 2.19. The van der Waals surface area contributed by atoms with E-state index in [0.29, 0.717) is 6.61 Å². The van der Waals surface area contributed by atoms with E-state index in [1.165, 1.54) is 11.1 Å². The maximum absolute atomic E-state index is 5.78. The normalized spacial score (nSPS) is 13.6. The van der Waals surface area contributed by atoms with Crippen LogP contribution in [-0.2, 0) is 5.41 Å². The van der Waals surface area contributed by atoms with Gasteiger partial charge in [0.15, 0.2) is 0 Å². The highest BCUT2D eigenvalue weighted by atomic mass is 16.5. The number of hydrogen-bond donors (Lipinski definition) is 1. The molecule has 0 aliphatic carbocycles. The molecular weight excluding hydrogens is 198 g/mol. The molecule has 90 valence electrons. The molecule has 0 aliphatic rings. The van der Waals surface area contributed by atoms with Crippen molar-refractivity contribution in [1.29, 1.82) is 0 Å². The standard InChI is InChI=1S/C14H23NO/c1-10-6-7-12(14(3,4)5)13(8-10)16-9-11(2)15/h6-8,11H,9,15H2,1-5H3/t11-/m0/s1. The highest BCUT2D eigenvalue weighted by molar-refractivity contribution is 5.41. The fraction of sp³-hybridized carbons (Fsp3) is 0.571. The zero-order valence-electron chi connectivity index (χ0n) is 11.0. The summed E-state index contributed by atoms with van der Waals surface area (Å²) in [4.78, 5) is 0. The lowest BCUT2D eigenvalue weighted by atomic mass is 9.86. The molecule has 2 nitrogen and oxygen atoms in total. The second-order valence-electron chi connectivity index (χ2n) is 5.54. The first-order valence-electron chi connectivity index (χ1n) is 5.80. The molecule has 2 heteroatoms. The van der Waals surface area contributed by atoms with E-state index in [0.717, 1.165) is 5.75 Å². The van der Waals surface area contributed by atoms with Crippen molar-refractivity contribution in [3.8, 4) is 5.75 Å². The molecule has 1 aromatic rings. The van der Waals surface area contributed by atoms with Crippen LogP contribution in [0.3, 0.4) is 0 Å². The van der Waals surface area contributed by atoms with Crippen molar-refractivity contribution in [3.05, 3.63) is 29.3 Å². The van der Waals surface area contributed by atoms with E-state index in [9.17, 15) is 0 Å². The van der Waals surface area contributed by atoms with Crippen molar-refractivity contribution in [2.24, 2.45) is 5.73 Å². The van der Waals surface area contributed by atoms with Gasteiger partial charge in [0.1, 0.15) is 12.4 Å². The minimum atomic E-state index is 0.0633. The van der Waals surface area contributed by atoms with Gasteiger partial charge in [-0.15, -0.1) is 0 Å². The van der Waals surface area contributed by atoms with Gasteiger partial charge in [-0.05, 0) is 36.5 Å². The van der Waals surface area contributed by atoms with Crippen molar-refractivity contribution >= 4 is 0 Å². The average Bonchev–Trinajstić information content (AvgIpc) is 2.12. The lowest BCUT2D eigenvalue weighted by Crippen LogP contribution is -2.25. The monoisotopic (exact) mass is 221 g/mol. The summed E-state index contributed by atoms with van der Waals surface area (Å²) in [5.74, 6) is 0.963.